The summed E-state index contributed by atoms with van der Waals surface area (Å²) in [6.45, 7) is 0.871. The van der Waals surface area contributed by atoms with E-state index in [1.807, 2.05) is 24.3 Å². The topological polar surface area (TPSA) is 58.6 Å². The van der Waals surface area contributed by atoms with Gasteiger partial charge in [0.1, 0.15) is 18.2 Å². The number of carboxylic acids is 1. The predicted molar refractivity (Wildman–Crippen MR) is 103 cm³/mol. The number of nitrogens with one attached hydrogen (secondary N) is 1. The number of hydrogen-bond donors (Lipinski definition) is 2. The number of ether oxygens (including phenoxy) is 1. The SMILES string of the molecule is O=C(O)c1cc(Cl)cc(NCc2ccc(OCc3ccc(F)cc3)cc2)c1. The Morgan fingerprint density at radius 2 is 1.67 bits per heavy atom. The fourth-order valence-electron chi connectivity index (χ4n) is 2.47. The number of benzene rings is 3. The lowest BCUT2D eigenvalue weighted by Crippen LogP contribution is -2.02. The summed E-state index contributed by atoms with van der Waals surface area (Å²) < 4.78 is 18.6. The third kappa shape index (κ3) is 5.46. The first-order chi connectivity index (χ1) is 13.0. The Morgan fingerprint density at radius 3 is 2.33 bits per heavy atom. The van der Waals surface area contributed by atoms with Crippen molar-refractivity contribution in [2.75, 3.05) is 5.32 Å². The molecule has 0 aromatic heterocycles. The van der Waals surface area contributed by atoms with Crippen molar-refractivity contribution in [1.29, 1.82) is 0 Å². The van der Waals surface area contributed by atoms with Crippen molar-refractivity contribution in [3.05, 3.63) is 94.3 Å². The van der Waals surface area contributed by atoms with Gasteiger partial charge in [0.05, 0.1) is 5.56 Å². The second kappa shape index (κ2) is 8.56. The van der Waals surface area contributed by atoms with E-state index in [1.54, 1.807) is 18.2 Å². The van der Waals surface area contributed by atoms with E-state index in [4.69, 9.17) is 21.4 Å². The molecule has 0 bridgehead atoms. The normalized spacial score (nSPS) is 10.4. The van der Waals surface area contributed by atoms with Crippen molar-refractivity contribution in [2.45, 2.75) is 13.2 Å². The molecule has 3 aromatic carbocycles. The molecule has 0 heterocycles. The maximum atomic E-state index is 12.9. The lowest BCUT2D eigenvalue weighted by atomic mass is 10.2. The highest BCUT2D eigenvalue weighted by Crippen LogP contribution is 2.21. The number of rotatable bonds is 7. The molecular formula is C21H17ClFNO3. The summed E-state index contributed by atoms with van der Waals surface area (Å²) in [5.41, 5.74) is 2.66. The van der Waals surface area contributed by atoms with E-state index in [-0.39, 0.29) is 11.4 Å². The molecular weight excluding hydrogens is 369 g/mol. The molecule has 0 unspecified atom stereocenters. The Bertz CT molecular complexity index is 927. The quantitative estimate of drug-likeness (QED) is 0.574. The standard InChI is InChI=1S/C21H17ClFNO3/c22-17-9-16(21(25)26)10-19(11-17)24-12-14-3-7-20(8-4-14)27-13-15-1-5-18(23)6-2-15/h1-11,24H,12-13H2,(H,25,26). The van der Waals surface area contributed by atoms with Crippen LogP contribution in [0.3, 0.4) is 0 Å². The Balaban J connectivity index is 1.56. The minimum Gasteiger partial charge on any atom is -0.489 e. The Morgan fingerprint density at radius 1 is 1.00 bits per heavy atom. The van der Waals surface area contributed by atoms with E-state index < -0.39 is 5.97 Å². The molecule has 0 saturated carbocycles. The molecule has 6 heteroatoms. The Kier molecular flexibility index (Phi) is 5.94. The van der Waals surface area contributed by atoms with Crippen molar-refractivity contribution in [2.24, 2.45) is 0 Å². The zero-order valence-corrected chi connectivity index (χ0v) is 15.0. The van der Waals surface area contributed by atoms with Crippen LogP contribution in [0.15, 0.2) is 66.7 Å². The van der Waals surface area contributed by atoms with E-state index >= 15 is 0 Å². The third-order valence-corrected chi connectivity index (χ3v) is 4.10. The van der Waals surface area contributed by atoms with Crippen LogP contribution in [0.1, 0.15) is 21.5 Å². The fraction of sp³-hybridized carbons (Fsp3) is 0.0952. The zero-order valence-electron chi connectivity index (χ0n) is 14.3. The van der Waals surface area contributed by atoms with Crippen LogP contribution in [0.25, 0.3) is 0 Å². The summed E-state index contributed by atoms with van der Waals surface area (Å²) in [5, 5.41) is 12.6. The van der Waals surface area contributed by atoms with Gasteiger partial charge in [-0.15, -0.1) is 0 Å². The molecule has 0 amide bonds. The van der Waals surface area contributed by atoms with E-state index in [1.165, 1.54) is 24.3 Å². The summed E-state index contributed by atoms with van der Waals surface area (Å²) in [6, 6.07) is 18.3. The summed E-state index contributed by atoms with van der Waals surface area (Å²) in [7, 11) is 0. The van der Waals surface area contributed by atoms with Crippen LogP contribution in [0.2, 0.25) is 5.02 Å². The number of halogens is 2. The van der Waals surface area contributed by atoms with Gasteiger partial charge < -0.3 is 15.2 Å². The third-order valence-electron chi connectivity index (χ3n) is 3.88. The van der Waals surface area contributed by atoms with E-state index in [9.17, 15) is 9.18 Å². The Hall–Kier alpha value is -3.05. The molecule has 3 aromatic rings. The lowest BCUT2D eigenvalue weighted by molar-refractivity contribution is 0.0697. The highest BCUT2D eigenvalue weighted by molar-refractivity contribution is 6.31. The van der Waals surface area contributed by atoms with Crippen LogP contribution in [0.4, 0.5) is 10.1 Å². The van der Waals surface area contributed by atoms with Gasteiger partial charge in [-0.3, -0.25) is 0 Å². The molecule has 27 heavy (non-hydrogen) atoms. The second-order valence-corrected chi connectivity index (χ2v) is 6.38. The second-order valence-electron chi connectivity index (χ2n) is 5.95. The molecule has 0 fully saturated rings. The van der Waals surface area contributed by atoms with Crippen molar-refractivity contribution < 1.29 is 19.0 Å². The summed E-state index contributed by atoms with van der Waals surface area (Å²) in [5.74, 6) is -0.590. The highest BCUT2D eigenvalue weighted by Gasteiger charge is 2.06. The first-order valence-electron chi connectivity index (χ1n) is 8.23. The molecule has 0 radical (unpaired) electrons. The largest absolute Gasteiger partial charge is 0.489 e. The van der Waals surface area contributed by atoms with Gasteiger partial charge in [-0.05, 0) is 53.6 Å². The molecule has 0 spiro atoms. The van der Waals surface area contributed by atoms with Gasteiger partial charge in [-0.25, -0.2) is 9.18 Å². The molecule has 3 rings (SSSR count). The van der Waals surface area contributed by atoms with Gasteiger partial charge in [0.25, 0.3) is 0 Å². The molecule has 0 atom stereocenters. The van der Waals surface area contributed by atoms with Crippen molar-refractivity contribution in [3.63, 3.8) is 0 Å². The molecule has 138 valence electrons. The summed E-state index contributed by atoms with van der Waals surface area (Å²) in [4.78, 5) is 11.1. The van der Waals surface area contributed by atoms with Crippen LogP contribution in [0.5, 0.6) is 5.75 Å². The summed E-state index contributed by atoms with van der Waals surface area (Å²) in [6.07, 6.45) is 0. The average Bonchev–Trinajstić information content (AvgIpc) is 2.66. The number of carbonyl (C=O) groups is 1. The van der Waals surface area contributed by atoms with Gasteiger partial charge in [-0.1, -0.05) is 35.9 Å². The lowest BCUT2D eigenvalue weighted by Gasteiger charge is -2.10. The maximum Gasteiger partial charge on any atom is 0.335 e. The van der Waals surface area contributed by atoms with Crippen LogP contribution in [-0.2, 0) is 13.2 Å². The van der Waals surface area contributed by atoms with Gasteiger partial charge in [0.2, 0.25) is 0 Å². The van der Waals surface area contributed by atoms with Crippen LogP contribution >= 0.6 is 11.6 Å². The van der Waals surface area contributed by atoms with E-state index in [2.05, 4.69) is 5.32 Å². The van der Waals surface area contributed by atoms with Crippen LogP contribution < -0.4 is 10.1 Å². The molecule has 0 aliphatic rings. The van der Waals surface area contributed by atoms with Crippen molar-refractivity contribution in [3.8, 4) is 5.75 Å². The number of hydrogen-bond acceptors (Lipinski definition) is 3. The predicted octanol–water partition coefficient (Wildman–Crippen LogP) is 5.37. The molecule has 0 aliphatic heterocycles. The minimum absolute atomic E-state index is 0.134. The summed E-state index contributed by atoms with van der Waals surface area (Å²) >= 11 is 5.95. The maximum absolute atomic E-state index is 12.9. The van der Waals surface area contributed by atoms with Gasteiger partial charge >= 0.3 is 5.97 Å². The van der Waals surface area contributed by atoms with Gasteiger partial charge in [-0.2, -0.15) is 0 Å². The fourth-order valence-corrected chi connectivity index (χ4v) is 2.71. The van der Waals surface area contributed by atoms with Crippen LogP contribution in [-0.4, -0.2) is 11.1 Å². The molecule has 0 aliphatic carbocycles. The molecule has 0 saturated heterocycles. The van der Waals surface area contributed by atoms with Gasteiger partial charge in [0.15, 0.2) is 0 Å². The highest BCUT2D eigenvalue weighted by atomic mass is 35.5. The van der Waals surface area contributed by atoms with Crippen molar-refractivity contribution >= 4 is 23.3 Å². The van der Waals surface area contributed by atoms with Crippen molar-refractivity contribution in [1.82, 2.24) is 0 Å². The first-order valence-corrected chi connectivity index (χ1v) is 8.61. The van der Waals surface area contributed by atoms with Gasteiger partial charge in [0, 0.05) is 17.3 Å². The van der Waals surface area contributed by atoms with E-state index in [0.29, 0.717) is 29.6 Å². The minimum atomic E-state index is -1.02. The number of carboxylic acid groups (broad SMARTS) is 1. The zero-order chi connectivity index (χ0) is 19.2. The Labute approximate surface area is 161 Å². The van der Waals surface area contributed by atoms with E-state index in [0.717, 1.165) is 11.1 Å². The first kappa shape index (κ1) is 18.7. The molecule has 2 N–H and O–H groups in total. The average molecular weight is 386 g/mol. The van der Waals surface area contributed by atoms with Crippen LogP contribution in [0, 0.1) is 5.82 Å². The number of anilines is 1. The monoisotopic (exact) mass is 385 g/mol. The smallest absolute Gasteiger partial charge is 0.335 e. The molecule has 4 nitrogen and oxygen atoms in total. The number of aromatic carboxylic acids is 1.